The standard InChI is InChI=1S/C20H14ClFN4O/c21-14-5-1-2-7-17(14)26-19(18(23)16-6-3-4-10-24-16)25-15-9-8-12(22)11-13(15)20(26)27/h1-11,18H,23H2. The van der Waals surface area contributed by atoms with Gasteiger partial charge in [0.25, 0.3) is 5.56 Å². The molecule has 0 aliphatic rings. The molecule has 4 aromatic rings. The van der Waals surface area contributed by atoms with Crippen molar-refractivity contribution in [2.75, 3.05) is 0 Å². The number of fused-ring (bicyclic) bond motifs is 1. The molecule has 2 N–H and O–H groups in total. The van der Waals surface area contributed by atoms with Gasteiger partial charge < -0.3 is 5.73 Å². The predicted molar refractivity (Wildman–Crippen MR) is 103 cm³/mol. The quantitative estimate of drug-likeness (QED) is 0.589. The lowest BCUT2D eigenvalue weighted by Crippen LogP contribution is -2.29. The Labute approximate surface area is 158 Å². The van der Waals surface area contributed by atoms with Crippen molar-refractivity contribution >= 4 is 22.5 Å². The SMILES string of the molecule is NC(c1ccccn1)c1nc2ccc(F)cc2c(=O)n1-c1ccccc1Cl. The van der Waals surface area contributed by atoms with Gasteiger partial charge in [-0.25, -0.2) is 9.37 Å². The molecule has 134 valence electrons. The molecule has 1 atom stereocenters. The minimum Gasteiger partial charge on any atom is -0.316 e. The van der Waals surface area contributed by atoms with Gasteiger partial charge in [-0.2, -0.15) is 0 Å². The van der Waals surface area contributed by atoms with Crippen LogP contribution in [0.25, 0.3) is 16.6 Å². The summed E-state index contributed by atoms with van der Waals surface area (Å²) in [6, 6.07) is 15.3. The third-order valence-corrected chi connectivity index (χ3v) is 4.55. The van der Waals surface area contributed by atoms with E-state index in [9.17, 15) is 9.18 Å². The van der Waals surface area contributed by atoms with Crippen molar-refractivity contribution in [2.45, 2.75) is 6.04 Å². The number of pyridine rings is 1. The van der Waals surface area contributed by atoms with E-state index in [-0.39, 0.29) is 11.2 Å². The van der Waals surface area contributed by atoms with Gasteiger partial charge in [0.05, 0.1) is 27.3 Å². The highest BCUT2D eigenvalue weighted by atomic mass is 35.5. The van der Waals surface area contributed by atoms with Crippen LogP contribution < -0.4 is 11.3 Å². The molecule has 0 aliphatic carbocycles. The summed E-state index contributed by atoms with van der Waals surface area (Å²) in [5.41, 5.74) is 7.26. The minimum atomic E-state index is -0.773. The van der Waals surface area contributed by atoms with E-state index in [4.69, 9.17) is 17.3 Å². The number of hydrogen-bond acceptors (Lipinski definition) is 4. The van der Waals surface area contributed by atoms with Crippen molar-refractivity contribution in [2.24, 2.45) is 5.73 Å². The molecule has 0 spiro atoms. The highest BCUT2D eigenvalue weighted by Crippen LogP contribution is 2.25. The van der Waals surface area contributed by atoms with Crippen LogP contribution in [-0.4, -0.2) is 14.5 Å². The van der Waals surface area contributed by atoms with Gasteiger partial charge in [0.15, 0.2) is 0 Å². The molecule has 2 aromatic carbocycles. The second kappa shape index (κ2) is 6.90. The average Bonchev–Trinajstić information content (AvgIpc) is 2.69. The molecule has 1 unspecified atom stereocenters. The fourth-order valence-electron chi connectivity index (χ4n) is 2.94. The Morgan fingerprint density at radius 2 is 1.85 bits per heavy atom. The van der Waals surface area contributed by atoms with E-state index in [1.807, 2.05) is 0 Å². The first-order valence-electron chi connectivity index (χ1n) is 8.20. The third-order valence-electron chi connectivity index (χ3n) is 4.23. The molecule has 7 heteroatoms. The molecule has 27 heavy (non-hydrogen) atoms. The first kappa shape index (κ1) is 17.3. The maximum Gasteiger partial charge on any atom is 0.266 e. The van der Waals surface area contributed by atoms with Crippen LogP contribution in [0.4, 0.5) is 4.39 Å². The van der Waals surface area contributed by atoms with E-state index in [0.717, 1.165) is 6.07 Å². The van der Waals surface area contributed by atoms with E-state index >= 15 is 0 Å². The van der Waals surface area contributed by atoms with E-state index in [2.05, 4.69) is 9.97 Å². The molecule has 0 aliphatic heterocycles. The number of benzene rings is 2. The zero-order chi connectivity index (χ0) is 19.0. The molecular formula is C20H14ClFN4O. The molecule has 0 amide bonds. The number of hydrogen-bond donors (Lipinski definition) is 1. The van der Waals surface area contributed by atoms with Crippen molar-refractivity contribution in [3.8, 4) is 5.69 Å². The molecule has 2 aromatic heterocycles. The Morgan fingerprint density at radius 3 is 2.59 bits per heavy atom. The van der Waals surface area contributed by atoms with Crippen LogP contribution in [-0.2, 0) is 0 Å². The van der Waals surface area contributed by atoms with Crippen LogP contribution in [0.5, 0.6) is 0 Å². The van der Waals surface area contributed by atoms with Crippen LogP contribution in [0.1, 0.15) is 17.6 Å². The average molecular weight is 381 g/mol. The number of halogens is 2. The summed E-state index contributed by atoms with van der Waals surface area (Å²) < 4.78 is 15.0. The van der Waals surface area contributed by atoms with Crippen LogP contribution in [0.2, 0.25) is 5.02 Å². The first-order valence-corrected chi connectivity index (χ1v) is 8.57. The Kier molecular flexibility index (Phi) is 4.43. The van der Waals surface area contributed by atoms with Gasteiger partial charge in [0.2, 0.25) is 0 Å². The van der Waals surface area contributed by atoms with Crippen molar-refractivity contribution in [1.29, 1.82) is 0 Å². The summed E-state index contributed by atoms with van der Waals surface area (Å²) in [5, 5.41) is 0.499. The van der Waals surface area contributed by atoms with Gasteiger partial charge in [-0.15, -0.1) is 0 Å². The number of nitrogens with zero attached hydrogens (tertiary/aromatic N) is 3. The molecule has 0 radical (unpaired) electrons. The van der Waals surface area contributed by atoms with Crippen molar-refractivity contribution < 1.29 is 4.39 Å². The smallest absolute Gasteiger partial charge is 0.266 e. The van der Waals surface area contributed by atoms with Crippen molar-refractivity contribution in [3.05, 3.63) is 99.6 Å². The van der Waals surface area contributed by atoms with E-state index in [0.29, 0.717) is 21.9 Å². The van der Waals surface area contributed by atoms with Gasteiger partial charge >= 0.3 is 0 Å². The topological polar surface area (TPSA) is 73.8 Å². The van der Waals surface area contributed by atoms with Gasteiger partial charge in [0, 0.05) is 6.20 Å². The molecule has 2 heterocycles. The maximum absolute atomic E-state index is 13.7. The molecular weight excluding hydrogens is 367 g/mol. The molecule has 5 nitrogen and oxygen atoms in total. The lowest BCUT2D eigenvalue weighted by Gasteiger charge is -2.19. The van der Waals surface area contributed by atoms with E-state index < -0.39 is 17.4 Å². The van der Waals surface area contributed by atoms with Gasteiger partial charge in [-0.1, -0.05) is 29.8 Å². The van der Waals surface area contributed by atoms with Crippen LogP contribution in [0.15, 0.2) is 71.7 Å². The number of rotatable bonds is 3. The van der Waals surface area contributed by atoms with Gasteiger partial charge in [-0.05, 0) is 42.5 Å². The van der Waals surface area contributed by atoms with Crippen molar-refractivity contribution in [1.82, 2.24) is 14.5 Å². The Balaban J connectivity index is 2.08. The van der Waals surface area contributed by atoms with Crippen molar-refractivity contribution in [3.63, 3.8) is 0 Å². The largest absolute Gasteiger partial charge is 0.316 e. The Bertz CT molecular complexity index is 1190. The van der Waals surface area contributed by atoms with Crippen LogP contribution in [0.3, 0.4) is 0 Å². The fraction of sp³-hybridized carbons (Fsp3) is 0.0500. The van der Waals surface area contributed by atoms with Crippen LogP contribution in [0, 0.1) is 5.82 Å². The highest BCUT2D eigenvalue weighted by Gasteiger charge is 2.21. The second-order valence-corrected chi connectivity index (χ2v) is 6.36. The number of nitrogens with two attached hydrogens (primary N) is 1. The molecule has 0 saturated heterocycles. The summed E-state index contributed by atoms with van der Waals surface area (Å²) in [5.74, 6) is -0.250. The number of aromatic nitrogens is 3. The normalized spacial score (nSPS) is 12.3. The highest BCUT2D eigenvalue weighted by molar-refractivity contribution is 6.32. The summed E-state index contributed by atoms with van der Waals surface area (Å²) in [6.07, 6.45) is 1.61. The van der Waals surface area contributed by atoms with Gasteiger partial charge in [0.1, 0.15) is 17.7 Å². The molecule has 4 rings (SSSR count). The summed E-state index contributed by atoms with van der Waals surface area (Å²) in [4.78, 5) is 22.0. The molecule has 0 bridgehead atoms. The van der Waals surface area contributed by atoms with E-state index in [1.165, 1.54) is 16.7 Å². The lowest BCUT2D eigenvalue weighted by atomic mass is 10.1. The lowest BCUT2D eigenvalue weighted by molar-refractivity contribution is 0.628. The third kappa shape index (κ3) is 3.09. The molecule has 0 saturated carbocycles. The zero-order valence-electron chi connectivity index (χ0n) is 14.0. The van der Waals surface area contributed by atoms with E-state index in [1.54, 1.807) is 48.7 Å². The Morgan fingerprint density at radius 1 is 1.07 bits per heavy atom. The van der Waals surface area contributed by atoms with Gasteiger partial charge in [-0.3, -0.25) is 14.3 Å². The maximum atomic E-state index is 13.7. The number of para-hydroxylation sites is 1. The predicted octanol–water partition coefficient (Wildman–Crippen LogP) is 3.62. The second-order valence-electron chi connectivity index (χ2n) is 5.96. The zero-order valence-corrected chi connectivity index (χ0v) is 14.8. The fourth-order valence-corrected chi connectivity index (χ4v) is 3.16. The van der Waals surface area contributed by atoms with Crippen LogP contribution >= 0.6 is 11.6 Å². The monoisotopic (exact) mass is 380 g/mol. The summed E-state index contributed by atoms with van der Waals surface area (Å²) >= 11 is 6.32. The minimum absolute atomic E-state index is 0.145. The summed E-state index contributed by atoms with van der Waals surface area (Å²) in [6.45, 7) is 0. The Hall–Kier alpha value is -3.09. The first-order chi connectivity index (χ1) is 13.1. The molecule has 0 fully saturated rings. The summed E-state index contributed by atoms with van der Waals surface area (Å²) in [7, 11) is 0.